The maximum atomic E-state index is 12.6. The average Bonchev–Trinajstić information content (AvgIpc) is 3.20. The van der Waals surface area contributed by atoms with Crippen LogP contribution in [0.3, 0.4) is 0 Å². The Hall–Kier alpha value is -2.14. The lowest BCUT2D eigenvalue weighted by Gasteiger charge is -2.62. The van der Waals surface area contributed by atoms with Crippen molar-refractivity contribution in [3.05, 3.63) is 5.57 Å². The zero-order valence-corrected chi connectivity index (χ0v) is 24.0. The number of hydrogen-bond acceptors (Lipinski definition) is 7. The molecule has 0 N–H and O–H groups in total. The summed E-state index contributed by atoms with van der Waals surface area (Å²) >= 11 is 0. The van der Waals surface area contributed by atoms with Crippen molar-refractivity contribution >= 4 is 23.8 Å². The summed E-state index contributed by atoms with van der Waals surface area (Å²) in [4.78, 5) is 48.7. The molecule has 0 aromatic rings. The molecule has 0 amide bonds. The predicted octanol–water partition coefficient (Wildman–Crippen LogP) is 5.47. The average molecular weight is 531 g/mol. The number of carbonyl (C=O) groups excluding carboxylic acids is 4. The molecule has 0 aromatic carbocycles. The molecule has 4 saturated carbocycles. The molecule has 10 atom stereocenters. The number of carbonyl (C=O) groups is 3. The topological polar surface area (TPSA) is 96.0 Å². The Morgan fingerprint density at radius 2 is 1.63 bits per heavy atom. The molecule has 7 heteroatoms. The van der Waals surface area contributed by atoms with E-state index in [4.69, 9.17) is 14.2 Å². The summed E-state index contributed by atoms with van der Waals surface area (Å²) in [6, 6.07) is 0. The maximum Gasteiger partial charge on any atom is 0.305 e. The van der Waals surface area contributed by atoms with Crippen molar-refractivity contribution < 1.29 is 33.4 Å². The molecular formula is C31H46O7. The summed E-state index contributed by atoms with van der Waals surface area (Å²) in [5.41, 5.74) is 0.489. The van der Waals surface area contributed by atoms with Gasteiger partial charge < -0.3 is 14.2 Å². The molecule has 0 aliphatic heterocycles. The first-order valence-corrected chi connectivity index (χ1v) is 14.7. The van der Waals surface area contributed by atoms with E-state index in [1.54, 1.807) is 0 Å². The molecule has 4 aliphatic rings. The van der Waals surface area contributed by atoms with Gasteiger partial charge in [0.05, 0.1) is 12.2 Å². The van der Waals surface area contributed by atoms with Gasteiger partial charge in [0.15, 0.2) is 0 Å². The predicted molar refractivity (Wildman–Crippen MR) is 141 cm³/mol. The van der Waals surface area contributed by atoms with E-state index in [2.05, 4.69) is 26.7 Å². The highest BCUT2D eigenvalue weighted by Gasteiger charge is 2.65. The third kappa shape index (κ3) is 5.08. The van der Waals surface area contributed by atoms with Crippen LogP contribution in [0, 0.1) is 46.3 Å². The molecule has 0 heterocycles. The van der Waals surface area contributed by atoms with Crippen LogP contribution in [-0.2, 0) is 33.4 Å². The van der Waals surface area contributed by atoms with Crippen molar-refractivity contribution in [3.63, 3.8) is 0 Å². The second-order valence-corrected chi connectivity index (χ2v) is 13.0. The monoisotopic (exact) mass is 530 g/mol. The van der Waals surface area contributed by atoms with Crippen molar-refractivity contribution in [1.82, 2.24) is 0 Å². The van der Waals surface area contributed by atoms with Crippen LogP contribution < -0.4 is 0 Å². The molecule has 0 unspecified atom stereocenters. The largest absolute Gasteiger partial charge is 0.466 e. The zero-order valence-electron chi connectivity index (χ0n) is 24.0. The van der Waals surface area contributed by atoms with Gasteiger partial charge in [0, 0.05) is 32.1 Å². The highest BCUT2D eigenvalue weighted by Crippen LogP contribution is 2.69. The van der Waals surface area contributed by atoms with Crippen LogP contribution in [0.2, 0.25) is 0 Å². The van der Waals surface area contributed by atoms with Crippen molar-refractivity contribution in [1.29, 1.82) is 0 Å². The zero-order chi connectivity index (χ0) is 27.8. The van der Waals surface area contributed by atoms with Crippen LogP contribution in [0.1, 0.15) is 99.3 Å². The summed E-state index contributed by atoms with van der Waals surface area (Å²) in [6.45, 7) is 12.1. The van der Waals surface area contributed by atoms with Gasteiger partial charge >= 0.3 is 17.9 Å². The summed E-state index contributed by atoms with van der Waals surface area (Å²) in [5.74, 6) is 2.90. The van der Waals surface area contributed by atoms with Gasteiger partial charge in [-0.2, -0.15) is 0 Å². The second kappa shape index (κ2) is 11.2. The molecule has 0 radical (unpaired) electrons. The molecule has 0 spiro atoms. The molecule has 0 saturated heterocycles. The van der Waals surface area contributed by atoms with Crippen LogP contribution in [0.25, 0.3) is 0 Å². The van der Waals surface area contributed by atoms with Gasteiger partial charge in [0.2, 0.25) is 0 Å². The molecule has 4 rings (SSSR count). The Labute approximate surface area is 227 Å². The van der Waals surface area contributed by atoms with Crippen LogP contribution in [0.4, 0.5) is 0 Å². The number of ether oxygens (including phenoxy) is 3. The minimum absolute atomic E-state index is 0.0553. The van der Waals surface area contributed by atoms with Gasteiger partial charge in [0.25, 0.3) is 0 Å². The standard InChI is InChI=1S/C31H46O7/c1-7-36-27(35)11-8-18(2)23-9-10-24-28-25(13-15-30(23,24)5)31(6)14-12-21(37-19(3)33)16-26(31)22(17-32)29(28)38-20(4)34/h18,21,23-26,28-29H,7-16H2,1-6H3/t18-,21-,23-,24+,25+,26+,28+,29-,30-,31-/m1/s1. The molecule has 212 valence electrons. The van der Waals surface area contributed by atoms with E-state index in [1.165, 1.54) is 13.8 Å². The van der Waals surface area contributed by atoms with Crippen molar-refractivity contribution in [3.8, 4) is 0 Å². The van der Waals surface area contributed by atoms with Crippen LogP contribution in [0.15, 0.2) is 5.57 Å². The van der Waals surface area contributed by atoms with E-state index in [-0.39, 0.29) is 46.7 Å². The van der Waals surface area contributed by atoms with Crippen LogP contribution in [0.5, 0.6) is 0 Å². The van der Waals surface area contributed by atoms with E-state index >= 15 is 0 Å². The van der Waals surface area contributed by atoms with Gasteiger partial charge in [-0.25, -0.2) is 4.79 Å². The summed E-state index contributed by atoms with van der Waals surface area (Å²) in [7, 11) is 0. The first-order chi connectivity index (χ1) is 18.0. The Morgan fingerprint density at radius 1 is 0.974 bits per heavy atom. The molecule has 4 fully saturated rings. The van der Waals surface area contributed by atoms with E-state index in [9.17, 15) is 19.2 Å². The van der Waals surface area contributed by atoms with Gasteiger partial charge in [-0.15, -0.1) is 0 Å². The molecule has 0 aromatic heterocycles. The van der Waals surface area contributed by atoms with Crippen molar-refractivity contribution in [2.24, 2.45) is 46.3 Å². The number of hydrogen-bond donors (Lipinski definition) is 0. The van der Waals surface area contributed by atoms with Gasteiger partial charge in [0.1, 0.15) is 18.1 Å². The lowest BCUT2D eigenvalue weighted by molar-refractivity contribution is -0.178. The maximum absolute atomic E-state index is 12.6. The number of rotatable bonds is 7. The van der Waals surface area contributed by atoms with Crippen LogP contribution in [-0.4, -0.2) is 42.7 Å². The van der Waals surface area contributed by atoms with E-state index in [0.717, 1.165) is 44.9 Å². The summed E-state index contributed by atoms with van der Waals surface area (Å²) < 4.78 is 16.8. The molecule has 0 bridgehead atoms. The second-order valence-electron chi connectivity index (χ2n) is 13.0. The smallest absolute Gasteiger partial charge is 0.305 e. The lowest BCUT2D eigenvalue weighted by Crippen LogP contribution is -2.60. The van der Waals surface area contributed by atoms with Gasteiger partial charge in [-0.1, -0.05) is 20.8 Å². The molecule has 38 heavy (non-hydrogen) atoms. The van der Waals surface area contributed by atoms with E-state index < -0.39 is 6.10 Å². The fraction of sp³-hybridized carbons (Fsp3) is 0.839. The van der Waals surface area contributed by atoms with E-state index in [0.29, 0.717) is 48.7 Å². The highest BCUT2D eigenvalue weighted by atomic mass is 16.5. The van der Waals surface area contributed by atoms with Crippen LogP contribution >= 0.6 is 0 Å². The van der Waals surface area contributed by atoms with Gasteiger partial charge in [-0.3, -0.25) is 14.4 Å². The Morgan fingerprint density at radius 3 is 2.26 bits per heavy atom. The Bertz CT molecular complexity index is 983. The normalized spacial score (nSPS) is 40.6. The molecule has 7 nitrogen and oxygen atoms in total. The SMILES string of the molecule is CCOC(=O)CC[C@@H](C)[C@H]1CC[C@H]2[C@@H]3[C@H](OC(C)=O)C(=C=O)[C@@H]4C[C@H](OC(C)=O)CC[C@]4(C)[C@H]3CC[C@]12C. The molecular weight excluding hydrogens is 484 g/mol. The first-order valence-electron chi connectivity index (χ1n) is 14.7. The van der Waals surface area contributed by atoms with E-state index in [1.807, 2.05) is 6.92 Å². The molecule has 4 aliphatic carbocycles. The third-order valence-electron chi connectivity index (χ3n) is 11.1. The highest BCUT2D eigenvalue weighted by molar-refractivity contribution is 5.69. The minimum Gasteiger partial charge on any atom is -0.466 e. The fourth-order valence-corrected chi connectivity index (χ4v) is 9.56. The Kier molecular flexibility index (Phi) is 8.47. The quantitative estimate of drug-likeness (QED) is 0.245. The third-order valence-corrected chi connectivity index (χ3v) is 11.1. The van der Waals surface area contributed by atoms with Gasteiger partial charge in [-0.05, 0) is 92.8 Å². The minimum atomic E-state index is -0.581. The van der Waals surface area contributed by atoms with Crippen molar-refractivity contribution in [2.45, 2.75) is 112 Å². The first kappa shape index (κ1) is 28.9. The van der Waals surface area contributed by atoms with Crippen molar-refractivity contribution in [2.75, 3.05) is 6.61 Å². The number of esters is 3. The summed E-state index contributed by atoms with van der Waals surface area (Å²) in [5, 5.41) is 0. The summed E-state index contributed by atoms with van der Waals surface area (Å²) in [6.07, 6.45) is 6.91. The Balaban J connectivity index is 1.64. The fourth-order valence-electron chi connectivity index (χ4n) is 9.56. The lowest BCUT2D eigenvalue weighted by atomic mass is 9.42. The number of fused-ring (bicyclic) bond motifs is 5.